The molecular weight excluding hydrogens is 208 g/mol. The van der Waals surface area contributed by atoms with E-state index in [1.54, 1.807) is 11.9 Å². The van der Waals surface area contributed by atoms with E-state index >= 15 is 0 Å². The van der Waals surface area contributed by atoms with Gasteiger partial charge in [-0.15, -0.1) is 5.10 Å². The van der Waals surface area contributed by atoms with E-state index in [2.05, 4.69) is 15.2 Å². The number of anilines is 2. The maximum atomic E-state index is 11.8. The molecule has 0 atom stereocenters. The number of aromatic amines is 1. The predicted molar refractivity (Wildman–Crippen MR) is 59.9 cm³/mol. The first-order valence-corrected chi connectivity index (χ1v) is 5.33. The Morgan fingerprint density at radius 3 is 2.81 bits per heavy atom. The first-order chi connectivity index (χ1) is 7.66. The number of likely N-dealkylation sites (tertiary alicyclic amines) is 1. The van der Waals surface area contributed by atoms with E-state index in [0.717, 1.165) is 25.9 Å². The molecule has 1 saturated heterocycles. The zero-order valence-corrected chi connectivity index (χ0v) is 9.31. The molecule has 0 unspecified atom stereocenters. The molecule has 2 heterocycles. The maximum Gasteiger partial charge on any atom is 0.246 e. The van der Waals surface area contributed by atoms with E-state index in [-0.39, 0.29) is 18.4 Å². The summed E-state index contributed by atoms with van der Waals surface area (Å²) in [5, 5.41) is 6.43. The molecule has 0 radical (unpaired) electrons. The highest BCUT2D eigenvalue weighted by molar-refractivity contribution is 5.81. The minimum Gasteiger partial charge on any atom is -0.368 e. The lowest BCUT2D eigenvalue weighted by atomic mass is 10.4. The second-order valence-electron chi connectivity index (χ2n) is 3.96. The Hall–Kier alpha value is -1.79. The lowest BCUT2D eigenvalue weighted by Crippen LogP contribution is -2.37. The molecule has 0 spiro atoms. The number of hydrogen-bond acceptors (Lipinski definition) is 5. The Morgan fingerprint density at radius 1 is 1.56 bits per heavy atom. The van der Waals surface area contributed by atoms with Crippen LogP contribution in [-0.2, 0) is 4.79 Å². The number of carbonyl (C=O) groups excluding carboxylic acids is 1. The molecule has 0 aromatic carbocycles. The normalized spacial score (nSPS) is 15.4. The van der Waals surface area contributed by atoms with Crippen molar-refractivity contribution in [3.05, 3.63) is 0 Å². The number of nitrogens with two attached hydrogens (primary N) is 1. The molecule has 2 rings (SSSR count). The lowest BCUT2D eigenvalue weighted by Gasteiger charge is -2.19. The molecule has 1 aliphatic heterocycles. The summed E-state index contributed by atoms with van der Waals surface area (Å²) in [5.41, 5.74) is 5.42. The number of H-pyrrole nitrogens is 1. The van der Waals surface area contributed by atoms with Gasteiger partial charge in [-0.1, -0.05) is 0 Å². The van der Waals surface area contributed by atoms with Crippen LogP contribution in [-0.4, -0.2) is 52.7 Å². The van der Waals surface area contributed by atoms with Crippen molar-refractivity contribution in [2.45, 2.75) is 12.8 Å². The molecule has 3 N–H and O–H groups in total. The molecule has 0 bridgehead atoms. The summed E-state index contributed by atoms with van der Waals surface area (Å²) in [5.74, 6) is 0.823. The molecule has 1 amide bonds. The third-order valence-corrected chi connectivity index (χ3v) is 2.66. The van der Waals surface area contributed by atoms with Gasteiger partial charge < -0.3 is 15.5 Å². The van der Waals surface area contributed by atoms with Gasteiger partial charge in [-0.3, -0.25) is 4.79 Å². The van der Waals surface area contributed by atoms with Crippen LogP contribution in [0.15, 0.2) is 0 Å². The molecule has 1 aromatic heterocycles. The van der Waals surface area contributed by atoms with Gasteiger partial charge in [0.25, 0.3) is 0 Å². The number of nitrogens with one attached hydrogen (secondary N) is 1. The Labute approximate surface area is 93.6 Å². The molecule has 0 saturated carbocycles. The third-order valence-electron chi connectivity index (χ3n) is 2.66. The molecule has 7 heteroatoms. The minimum atomic E-state index is 0.114. The van der Waals surface area contributed by atoms with Crippen LogP contribution in [0, 0.1) is 0 Å². The van der Waals surface area contributed by atoms with Crippen LogP contribution in [0.1, 0.15) is 12.8 Å². The quantitative estimate of drug-likeness (QED) is 0.718. The van der Waals surface area contributed by atoms with Gasteiger partial charge in [-0.05, 0) is 12.8 Å². The minimum absolute atomic E-state index is 0.114. The summed E-state index contributed by atoms with van der Waals surface area (Å²) in [6.07, 6.45) is 2.20. The van der Waals surface area contributed by atoms with Crippen molar-refractivity contribution in [1.29, 1.82) is 0 Å². The fraction of sp³-hybridized carbons (Fsp3) is 0.667. The Morgan fingerprint density at radius 2 is 2.25 bits per heavy atom. The summed E-state index contributed by atoms with van der Waals surface area (Å²) in [7, 11) is 1.77. The van der Waals surface area contributed by atoms with Gasteiger partial charge in [0.15, 0.2) is 0 Å². The first-order valence-electron chi connectivity index (χ1n) is 5.33. The number of aromatic nitrogens is 3. The average Bonchev–Trinajstić information content (AvgIpc) is 2.87. The van der Waals surface area contributed by atoms with Crippen LogP contribution in [0.5, 0.6) is 0 Å². The average molecular weight is 224 g/mol. The van der Waals surface area contributed by atoms with Gasteiger partial charge in [0.2, 0.25) is 17.8 Å². The van der Waals surface area contributed by atoms with Crippen LogP contribution in [0.2, 0.25) is 0 Å². The van der Waals surface area contributed by atoms with E-state index in [4.69, 9.17) is 5.73 Å². The highest BCUT2D eigenvalue weighted by Crippen LogP contribution is 2.10. The van der Waals surface area contributed by atoms with Gasteiger partial charge in [0.1, 0.15) is 0 Å². The second-order valence-corrected chi connectivity index (χ2v) is 3.96. The van der Waals surface area contributed by atoms with Crippen LogP contribution in [0.4, 0.5) is 11.9 Å². The van der Waals surface area contributed by atoms with Crippen molar-refractivity contribution in [2.24, 2.45) is 0 Å². The third kappa shape index (κ3) is 2.23. The highest BCUT2D eigenvalue weighted by atomic mass is 16.2. The standard InChI is InChI=1S/C9H16N6O/c1-14(9-11-8(10)12-13-9)6-7(16)15-4-2-3-5-15/h2-6H2,1H3,(H3,10,11,12,13). The van der Waals surface area contributed by atoms with Crippen molar-refractivity contribution < 1.29 is 4.79 Å². The van der Waals surface area contributed by atoms with Gasteiger partial charge in [0.05, 0.1) is 6.54 Å². The summed E-state index contributed by atoms with van der Waals surface area (Å²) in [6.45, 7) is 2.02. The van der Waals surface area contributed by atoms with Gasteiger partial charge >= 0.3 is 0 Å². The lowest BCUT2D eigenvalue weighted by molar-refractivity contribution is -0.128. The van der Waals surface area contributed by atoms with Crippen molar-refractivity contribution in [3.63, 3.8) is 0 Å². The fourth-order valence-corrected chi connectivity index (χ4v) is 1.78. The smallest absolute Gasteiger partial charge is 0.246 e. The van der Waals surface area contributed by atoms with Crippen LogP contribution in [0.25, 0.3) is 0 Å². The molecule has 7 nitrogen and oxygen atoms in total. The number of carbonyl (C=O) groups is 1. The zero-order chi connectivity index (χ0) is 11.5. The Bertz CT molecular complexity index is 370. The van der Waals surface area contributed by atoms with E-state index < -0.39 is 0 Å². The predicted octanol–water partition coefficient (Wildman–Crippen LogP) is -0.554. The van der Waals surface area contributed by atoms with Crippen molar-refractivity contribution in [2.75, 3.05) is 37.3 Å². The second kappa shape index (κ2) is 4.38. The maximum absolute atomic E-state index is 11.8. The monoisotopic (exact) mass is 224 g/mol. The SMILES string of the molecule is CN(CC(=O)N1CCCC1)c1n[nH]c(N)n1. The van der Waals surface area contributed by atoms with Crippen molar-refractivity contribution in [3.8, 4) is 0 Å². The van der Waals surface area contributed by atoms with E-state index in [1.807, 2.05) is 4.90 Å². The number of rotatable bonds is 3. The van der Waals surface area contributed by atoms with E-state index in [1.165, 1.54) is 0 Å². The molecule has 1 aliphatic rings. The zero-order valence-electron chi connectivity index (χ0n) is 9.31. The molecule has 16 heavy (non-hydrogen) atoms. The molecule has 0 aliphatic carbocycles. The van der Waals surface area contributed by atoms with Gasteiger partial charge in [-0.25, -0.2) is 5.10 Å². The molecule has 1 fully saturated rings. The van der Waals surface area contributed by atoms with Gasteiger partial charge in [0, 0.05) is 20.1 Å². The summed E-state index contributed by atoms with van der Waals surface area (Å²) >= 11 is 0. The van der Waals surface area contributed by atoms with Crippen LogP contribution in [0.3, 0.4) is 0 Å². The summed E-state index contributed by atoms with van der Waals surface area (Å²) < 4.78 is 0. The topological polar surface area (TPSA) is 91.1 Å². The number of likely N-dealkylation sites (N-methyl/N-ethyl adjacent to an activating group) is 1. The van der Waals surface area contributed by atoms with Gasteiger partial charge in [-0.2, -0.15) is 4.98 Å². The van der Waals surface area contributed by atoms with E-state index in [9.17, 15) is 4.79 Å². The largest absolute Gasteiger partial charge is 0.368 e. The first kappa shape index (κ1) is 10.7. The van der Waals surface area contributed by atoms with Crippen LogP contribution < -0.4 is 10.6 Å². The Kier molecular flexibility index (Phi) is 2.93. The molecule has 88 valence electrons. The fourth-order valence-electron chi connectivity index (χ4n) is 1.78. The van der Waals surface area contributed by atoms with Crippen LogP contribution >= 0.6 is 0 Å². The number of hydrogen-bond donors (Lipinski definition) is 2. The Balaban J connectivity index is 1.91. The number of nitrogen functional groups attached to an aromatic ring is 1. The molecule has 1 aromatic rings. The molecular formula is C9H16N6O. The summed E-state index contributed by atoms with van der Waals surface area (Å²) in [4.78, 5) is 19.3. The van der Waals surface area contributed by atoms with Crippen molar-refractivity contribution >= 4 is 17.8 Å². The highest BCUT2D eigenvalue weighted by Gasteiger charge is 2.20. The number of amides is 1. The van der Waals surface area contributed by atoms with E-state index in [0.29, 0.717) is 5.95 Å². The summed E-state index contributed by atoms with van der Waals surface area (Å²) in [6, 6.07) is 0. The number of nitrogens with zero attached hydrogens (tertiary/aromatic N) is 4. The van der Waals surface area contributed by atoms with Crippen molar-refractivity contribution in [1.82, 2.24) is 20.1 Å².